The van der Waals surface area contributed by atoms with Crippen LogP contribution in [0.25, 0.3) is 0 Å². The van der Waals surface area contributed by atoms with Gasteiger partial charge in [-0.05, 0) is 57.7 Å². The summed E-state index contributed by atoms with van der Waals surface area (Å²) in [7, 11) is 0. The lowest BCUT2D eigenvalue weighted by molar-refractivity contribution is -0.116. The molecule has 1 saturated carbocycles. The zero-order chi connectivity index (χ0) is 19.9. The number of rotatable bonds is 7. The molecule has 1 aliphatic carbocycles. The molecule has 150 valence electrons. The number of carbonyl (C=O) groups excluding carboxylic acids is 2. The number of nitrogens with one attached hydrogen (secondary N) is 2. The predicted molar refractivity (Wildman–Crippen MR) is 104 cm³/mol. The fourth-order valence-corrected chi connectivity index (χ4v) is 2.92. The van der Waals surface area contributed by atoms with Gasteiger partial charge in [-0.2, -0.15) is 0 Å². The van der Waals surface area contributed by atoms with E-state index in [4.69, 9.17) is 15.2 Å². The summed E-state index contributed by atoms with van der Waals surface area (Å²) < 4.78 is 11.0. The summed E-state index contributed by atoms with van der Waals surface area (Å²) in [4.78, 5) is 23.6. The fraction of sp³-hybridized carbons (Fsp3) is 0.600. The van der Waals surface area contributed by atoms with Gasteiger partial charge in [0.05, 0.1) is 12.7 Å². The second-order valence-electron chi connectivity index (χ2n) is 7.87. The van der Waals surface area contributed by atoms with Gasteiger partial charge in [0.25, 0.3) is 0 Å². The molecule has 0 unspecified atom stereocenters. The Hall–Kier alpha value is -2.12. The van der Waals surface area contributed by atoms with Gasteiger partial charge in [-0.1, -0.05) is 12.1 Å². The minimum atomic E-state index is -0.558. The van der Waals surface area contributed by atoms with Gasteiger partial charge in [-0.25, -0.2) is 4.79 Å². The van der Waals surface area contributed by atoms with Crippen LogP contribution in [0.3, 0.4) is 0 Å². The molecule has 7 heteroatoms. The fourth-order valence-electron chi connectivity index (χ4n) is 2.92. The van der Waals surface area contributed by atoms with Crippen LogP contribution in [0.15, 0.2) is 24.3 Å². The van der Waals surface area contributed by atoms with Gasteiger partial charge in [-0.15, -0.1) is 0 Å². The lowest BCUT2D eigenvalue weighted by Crippen LogP contribution is -2.34. The van der Waals surface area contributed by atoms with Crippen molar-refractivity contribution in [2.75, 3.05) is 11.9 Å². The number of anilines is 1. The second-order valence-corrected chi connectivity index (χ2v) is 7.87. The van der Waals surface area contributed by atoms with Crippen LogP contribution in [0.5, 0.6) is 0 Å². The molecule has 0 bridgehead atoms. The molecule has 0 aliphatic heterocycles. The van der Waals surface area contributed by atoms with Gasteiger partial charge in [-0.3, -0.25) is 4.79 Å². The molecule has 2 rings (SSSR count). The first-order valence-electron chi connectivity index (χ1n) is 9.46. The minimum absolute atomic E-state index is 0.113. The van der Waals surface area contributed by atoms with Crippen molar-refractivity contribution in [1.29, 1.82) is 0 Å². The smallest absolute Gasteiger partial charge is 0.407 e. The third kappa shape index (κ3) is 7.97. The first-order valence-corrected chi connectivity index (χ1v) is 9.46. The Morgan fingerprint density at radius 2 is 2.04 bits per heavy atom. The summed E-state index contributed by atoms with van der Waals surface area (Å²) in [5.41, 5.74) is 7.15. The Kier molecular flexibility index (Phi) is 7.62. The van der Waals surface area contributed by atoms with E-state index < -0.39 is 11.7 Å². The maximum Gasteiger partial charge on any atom is 0.407 e. The van der Waals surface area contributed by atoms with E-state index >= 15 is 0 Å². The molecule has 0 aromatic heterocycles. The number of ether oxygens (including phenoxy) is 2. The van der Waals surface area contributed by atoms with E-state index in [1.807, 2.05) is 24.3 Å². The summed E-state index contributed by atoms with van der Waals surface area (Å²) >= 11 is 0. The first-order chi connectivity index (χ1) is 12.7. The summed E-state index contributed by atoms with van der Waals surface area (Å²) in [5.74, 6) is -0.179. The third-order valence-corrected chi connectivity index (χ3v) is 4.20. The Balaban J connectivity index is 1.73. The van der Waals surface area contributed by atoms with Gasteiger partial charge in [0.15, 0.2) is 0 Å². The Morgan fingerprint density at radius 3 is 2.70 bits per heavy atom. The summed E-state index contributed by atoms with van der Waals surface area (Å²) in [6.07, 6.45) is 2.87. The molecule has 2 atom stereocenters. The zero-order valence-corrected chi connectivity index (χ0v) is 16.4. The van der Waals surface area contributed by atoms with Crippen molar-refractivity contribution in [2.45, 2.75) is 70.8 Å². The highest BCUT2D eigenvalue weighted by atomic mass is 16.6. The van der Waals surface area contributed by atoms with E-state index in [9.17, 15) is 9.59 Å². The Bertz CT molecular complexity index is 642. The predicted octanol–water partition coefficient (Wildman–Crippen LogP) is 2.94. The van der Waals surface area contributed by atoms with Crippen LogP contribution >= 0.6 is 0 Å². The van der Waals surface area contributed by atoms with E-state index in [2.05, 4.69) is 10.6 Å². The molecule has 4 N–H and O–H groups in total. The van der Waals surface area contributed by atoms with E-state index in [1.54, 1.807) is 20.8 Å². The molecule has 1 fully saturated rings. The second kappa shape index (κ2) is 9.71. The van der Waals surface area contributed by atoms with Crippen molar-refractivity contribution in [1.82, 2.24) is 5.32 Å². The van der Waals surface area contributed by atoms with Crippen molar-refractivity contribution in [3.63, 3.8) is 0 Å². The van der Waals surface area contributed by atoms with E-state index in [0.29, 0.717) is 12.3 Å². The zero-order valence-electron chi connectivity index (χ0n) is 16.4. The molecule has 0 saturated heterocycles. The van der Waals surface area contributed by atoms with Crippen LogP contribution in [0.4, 0.5) is 10.5 Å². The number of alkyl carbamates (subject to hydrolysis) is 1. The third-order valence-electron chi connectivity index (χ3n) is 4.20. The Morgan fingerprint density at radius 1 is 1.26 bits per heavy atom. The number of carbonyl (C=O) groups is 2. The first kappa shape index (κ1) is 21.2. The summed E-state index contributed by atoms with van der Waals surface area (Å²) in [6.45, 7) is 6.05. The average Bonchev–Trinajstić information content (AvgIpc) is 2.96. The highest BCUT2D eigenvalue weighted by Crippen LogP contribution is 2.22. The highest BCUT2D eigenvalue weighted by Gasteiger charge is 2.24. The maximum absolute atomic E-state index is 12.0. The largest absolute Gasteiger partial charge is 0.444 e. The molecule has 0 spiro atoms. The van der Waals surface area contributed by atoms with Crippen LogP contribution in [0.2, 0.25) is 0 Å². The monoisotopic (exact) mass is 377 g/mol. The highest BCUT2D eigenvalue weighted by molar-refractivity contribution is 5.91. The van der Waals surface area contributed by atoms with Crippen LogP contribution < -0.4 is 16.4 Å². The van der Waals surface area contributed by atoms with Gasteiger partial charge in [0.1, 0.15) is 5.60 Å². The lowest BCUT2D eigenvalue weighted by Gasteiger charge is -2.19. The molecule has 1 aliphatic rings. The number of benzene rings is 1. The van der Waals surface area contributed by atoms with Crippen molar-refractivity contribution < 1.29 is 19.1 Å². The minimum Gasteiger partial charge on any atom is -0.444 e. The van der Waals surface area contributed by atoms with Gasteiger partial charge in [0, 0.05) is 24.7 Å². The Labute approximate surface area is 161 Å². The van der Waals surface area contributed by atoms with Crippen molar-refractivity contribution in [3.8, 4) is 0 Å². The van der Waals surface area contributed by atoms with Crippen LogP contribution in [0.1, 0.15) is 52.0 Å². The number of hydrogen-bond donors (Lipinski definition) is 3. The normalized spacial score (nSPS) is 19.6. The van der Waals surface area contributed by atoms with Crippen molar-refractivity contribution in [2.24, 2.45) is 5.73 Å². The molecular weight excluding hydrogens is 346 g/mol. The maximum atomic E-state index is 12.0. The molecule has 7 nitrogen and oxygen atoms in total. The van der Waals surface area contributed by atoms with Gasteiger partial charge < -0.3 is 25.8 Å². The molecule has 2 amide bonds. The van der Waals surface area contributed by atoms with Gasteiger partial charge in [0.2, 0.25) is 5.91 Å². The molecule has 1 aromatic rings. The molecule has 1 aromatic carbocycles. The topological polar surface area (TPSA) is 103 Å². The van der Waals surface area contributed by atoms with Gasteiger partial charge >= 0.3 is 6.09 Å². The molecule has 27 heavy (non-hydrogen) atoms. The van der Waals surface area contributed by atoms with Crippen molar-refractivity contribution in [3.05, 3.63) is 29.8 Å². The van der Waals surface area contributed by atoms with Crippen LogP contribution in [-0.2, 0) is 20.9 Å². The number of nitrogens with two attached hydrogens (primary N) is 1. The van der Waals surface area contributed by atoms with Crippen LogP contribution in [0, 0.1) is 0 Å². The van der Waals surface area contributed by atoms with E-state index in [0.717, 1.165) is 24.8 Å². The standard InChI is InChI=1S/C20H31N3O4/c1-20(2,3)27-19(25)22-11-10-18(24)23-15-7-4-6-14(12-15)13-26-17-9-5-8-16(17)21/h4,6-7,12,16-17H,5,8-11,13,21H2,1-3H3,(H,22,25)(H,23,24)/t16-,17-/m0/s1. The average molecular weight is 377 g/mol. The number of amides is 2. The number of hydrogen-bond acceptors (Lipinski definition) is 5. The van der Waals surface area contributed by atoms with E-state index in [-0.39, 0.29) is 31.0 Å². The van der Waals surface area contributed by atoms with E-state index in [1.165, 1.54) is 0 Å². The van der Waals surface area contributed by atoms with Crippen LogP contribution in [-0.4, -0.2) is 36.3 Å². The molecule has 0 heterocycles. The lowest BCUT2D eigenvalue weighted by atomic mass is 10.2. The molecular formula is C20H31N3O4. The summed E-state index contributed by atoms with van der Waals surface area (Å²) in [6, 6.07) is 7.66. The van der Waals surface area contributed by atoms with Crippen molar-refractivity contribution >= 4 is 17.7 Å². The SMILES string of the molecule is CC(C)(C)OC(=O)NCCC(=O)Nc1cccc(CO[C@H]2CCC[C@@H]2N)c1. The summed E-state index contributed by atoms with van der Waals surface area (Å²) in [5, 5.41) is 5.40. The quantitative estimate of drug-likeness (QED) is 0.678. The molecule has 0 radical (unpaired) electrons.